The largest absolute Gasteiger partial charge is 0.339 e. The maximum Gasteiger partial charge on any atom is 0.226 e. The first-order valence-electron chi connectivity index (χ1n) is 5.93. The molecule has 0 aromatic carbocycles. The highest BCUT2D eigenvalue weighted by Gasteiger charge is 2.20. The zero-order chi connectivity index (χ0) is 11.5. The summed E-state index contributed by atoms with van der Waals surface area (Å²) in [5, 5.41) is 3.99. The number of likely N-dealkylation sites (tertiary alicyclic amines) is 1. The molecule has 1 aromatic rings. The SMILES string of the molecule is CC(C)Cc1nc(CN2CCC(N)C2)no1. The van der Waals surface area contributed by atoms with Gasteiger partial charge in [-0.3, -0.25) is 4.90 Å². The lowest BCUT2D eigenvalue weighted by Crippen LogP contribution is -2.26. The number of nitrogens with two attached hydrogens (primary N) is 1. The van der Waals surface area contributed by atoms with E-state index in [1.165, 1.54) is 0 Å². The van der Waals surface area contributed by atoms with Crippen molar-refractivity contribution in [3.8, 4) is 0 Å². The van der Waals surface area contributed by atoms with E-state index in [1.54, 1.807) is 0 Å². The Bertz CT molecular complexity index is 336. The van der Waals surface area contributed by atoms with Gasteiger partial charge in [0.05, 0.1) is 6.54 Å². The van der Waals surface area contributed by atoms with Crippen LogP contribution in [-0.2, 0) is 13.0 Å². The van der Waals surface area contributed by atoms with Crippen molar-refractivity contribution in [3.05, 3.63) is 11.7 Å². The van der Waals surface area contributed by atoms with Crippen LogP contribution in [0.3, 0.4) is 0 Å². The first kappa shape index (κ1) is 11.5. The van der Waals surface area contributed by atoms with Gasteiger partial charge in [0.25, 0.3) is 0 Å². The van der Waals surface area contributed by atoms with Crippen LogP contribution in [0.15, 0.2) is 4.52 Å². The molecule has 16 heavy (non-hydrogen) atoms. The summed E-state index contributed by atoms with van der Waals surface area (Å²) in [6.45, 7) is 7.02. The third kappa shape index (κ3) is 3.02. The molecule has 90 valence electrons. The Balaban J connectivity index is 1.87. The fourth-order valence-corrected chi connectivity index (χ4v) is 1.99. The predicted octanol–water partition coefficient (Wildman–Crippen LogP) is 0.801. The van der Waals surface area contributed by atoms with Crippen LogP contribution in [-0.4, -0.2) is 34.2 Å². The molecule has 1 fully saturated rings. The second kappa shape index (κ2) is 4.93. The van der Waals surface area contributed by atoms with Gasteiger partial charge < -0.3 is 10.3 Å². The summed E-state index contributed by atoms with van der Waals surface area (Å²) in [7, 11) is 0. The smallest absolute Gasteiger partial charge is 0.226 e. The third-order valence-electron chi connectivity index (χ3n) is 2.77. The van der Waals surface area contributed by atoms with Crippen molar-refractivity contribution < 1.29 is 4.52 Å². The van der Waals surface area contributed by atoms with E-state index in [0.29, 0.717) is 12.0 Å². The number of rotatable bonds is 4. The highest BCUT2D eigenvalue weighted by molar-refractivity contribution is 4.89. The topological polar surface area (TPSA) is 68.2 Å². The molecule has 1 aliphatic heterocycles. The van der Waals surface area contributed by atoms with Crippen molar-refractivity contribution >= 4 is 0 Å². The molecule has 0 saturated carbocycles. The second-order valence-electron chi connectivity index (χ2n) is 4.99. The minimum absolute atomic E-state index is 0.307. The Morgan fingerprint density at radius 1 is 1.56 bits per heavy atom. The molecule has 0 aliphatic carbocycles. The molecule has 2 N–H and O–H groups in total. The van der Waals surface area contributed by atoms with E-state index >= 15 is 0 Å². The Labute approximate surface area is 96.0 Å². The van der Waals surface area contributed by atoms with Crippen LogP contribution in [0.5, 0.6) is 0 Å². The number of hydrogen-bond donors (Lipinski definition) is 1. The first-order chi connectivity index (χ1) is 7.63. The Hall–Kier alpha value is -0.940. The van der Waals surface area contributed by atoms with E-state index in [1.807, 2.05) is 0 Å². The zero-order valence-electron chi connectivity index (χ0n) is 10.0. The van der Waals surface area contributed by atoms with Gasteiger partial charge in [0, 0.05) is 25.6 Å². The molecule has 1 atom stereocenters. The summed E-state index contributed by atoms with van der Waals surface area (Å²) in [5.41, 5.74) is 5.84. The molecule has 0 radical (unpaired) electrons. The van der Waals surface area contributed by atoms with Gasteiger partial charge in [0.15, 0.2) is 5.82 Å². The maximum atomic E-state index is 5.84. The third-order valence-corrected chi connectivity index (χ3v) is 2.77. The van der Waals surface area contributed by atoms with Crippen LogP contribution in [0.2, 0.25) is 0 Å². The lowest BCUT2D eigenvalue weighted by atomic mass is 10.1. The van der Waals surface area contributed by atoms with Crippen LogP contribution in [0.4, 0.5) is 0 Å². The normalized spacial score (nSPS) is 22.1. The predicted molar refractivity (Wildman–Crippen MR) is 60.7 cm³/mol. The van der Waals surface area contributed by atoms with Gasteiger partial charge in [-0.05, 0) is 12.3 Å². The standard InChI is InChI=1S/C11H20N4O/c1-8(2)5-11-13-10(14-16-11)7-15-4-3-9(12)6-15/h8-9H,3-7,12H2,1-2H3. The molecule has 2 heterocycles. The van der Waals surface area contributed by atoms with E-state index in [9.17, 15) is 0 Å². The van der Waals surface area contributed by atoms with Crippen LogP contribution in [0, 0.1) is 5.92 Å². The molecule has 5 nitrogen and oxygen atoms in total. The maximum absolute atomic E-state index is 5.84. The van der Waals surface area contributed by atoms with E-state index in [4.69, 9.17) is 10.3 Å². The van der Waals surface area contributed by atoms with Crippen LogP contribution >= 0.6 is 0 Å². The summed E-state index contributed by atoms with van der Waals surface area (Å²) < 4.78 is 5.19. The number of nitrogens with zero attached hydrogens (tertiary/aromatic N) is 3. The van der Waals surface area contributed by atoms with Crippen LogP contribution in [0.1, 0.15) is 32.0 Å². The fraction of sp³-hybridized carbons (Fsp3) is 0.818. The summed E-state index contributed by atoms with van der Waals surface area (Å²) in [5.74, 6) is 2.08. The molecule has 0 spiro atoms. The van der Waals surface area contributed by atoms with Gasteiger partial charge in [0.1, 0.15) is 0 Å². The molecular weight excluding hydrogens is 204 g/mol. The van der Waals surface area contributed by atoms with Gasteiger partial charge in [-0.25, -0.2) is 0 Å². The Morgan fingerprint density at radius 2 is 2.38 bits per heavy atom. The number of hydrogen-bond acceptors (Lipinski definition) is 5. The first-order valence-corrected chi connectivity index (χ1v) is 5.93. The highest BCUT2D eigenvalue weighted by atomic mass is 16.5. The molecule has 1 unspecified atom stereocenters. The molecule has 0 bridgehead atoms. The fourth-order valence-electron chi connectivity index (χ4n) is 1.99. The van der Waals surface area contributed by atoms with Crippen LogP contribution < -0.4 is 5.73 Å². The average Bonchev–Trinajstić information content (AvgIpc) is 2.76. The molecule has 2 rings (SSSR count). The zero-order valence-corrected chi connectivity index (χ0v) is 10.0. The van der Waals surface area contributed by atoms with Crippen molar-refractivity contribution in [2.75, 3.05) is 13.1 Å². The molecule has 1 saturated heterocycles. The van der Waals surface area contributed by atoms with E-state index < -0.39 is 0 Å². The second-order valence-corrected chi connectivity index (χ2v) is 4.99. The van der Waals surface area contributed by atoms with Crippen molar-refractivity contribution in [2.45, 2.75) is 39.3 Å². The molecular formula is C11H20N4O. The van der Waals surface area contributed by atoms with Gasteiger partial charge in [-0.2, -0.15) is 4.98 Å². The monoisotopic (exact) mass is 224 g/mol. The van der Waals surface area contributed by atoms with Crippen molar-refractivity contribution in [3.63, 3.8) is 0 Å². The van der Waals surface area contributed by atoms with Gasteiger partial charge in [0.2, 0.25) is 5.89 Å². The minimum Gasteiger partial charge on any atom is -0.339 e. The van der Waals surface area contributed by atoms with E-state index in [0.717, 1.165) is 44.2 Å². The summed E-state index contributed by atoms with van der Waals surface area (Å²) in [6.07, 6.45) is 1.92. The Morgan fingerprint density at radius 3 is 3.00 bits per heavy atom. The van der Waals surface area contributed by atoms with Gasteiger partial charge >= 0.3 is 0 Å². The van der Waals surface area contributed by atoms with Crippen molar-refractivity contribution in [2.24, 2.45) is 11.7 Å². The summed E-state index contributed by atoms with van der Waals surface area (Å²) >= 11 is 0. The lowest BCUT2D eigenvalue weighted by molar-refractivity contribution is 0.304. The Kier molecular flexibility index (Phi) is 3.56. The van der Waals surface area contributed by atoms with Crippen molar-refractivity contribution in [1.29, 1.82) is 0 Å². The van der Waals surface area contributed by atoms with Gasteiger partial charge in [-0.1, -0.05) is 19.0 Å². The lowest BCUT2D eigenvalue weighted by Gasteiger charge is -2.11. The number of aromatic nitrogens is 2. The van der Waals surface area contributed by atoms with E-state index in [2.05, 4.69) is 28.9 Å². The van der Waals surface area contributed by atoms with Crippen molar-refractivity contribution in [1.82, 2.24) is 15.0 Å². The quantitative estimate of drug-likeness (QED) is 0.819. The summed E-state index contributed by atoms with van der Waals surface area (Å²) in [4.78, 5) is 6.65. The van der Waals surface area contributed by atoms with Gasteiger partial charge in [-0.15, -0.1) is 0 Å². The van der Waals surface area contributed by atoms with E-state index in [-0.39, 0.29) is 0 Å². The minimum atomic E-state index is 0.307. The molecule has 1 aliphatic rings. The van der Waals surface area contributed by atoms with Crippen LogP contribution in [0.25, 0.3) is 0 Å². The molecule has 1 aromatic heterocycles. The summed E-state index contributed by atoms with van der Waals surface area (Å²) in [6, 6.07) is 0.307. The average molecular weight is 224 g/mol. The highest BCUT2D eigenvalue weighted by Crippen LogP contribution is 2.11. The molecule has 0 amide bonds. The molecule has 5 heteroatoms.